The summed E-state index contributed by atoms with van der Waals surface area (Å²) in [4.78, 5) is 4.68. The first-order valence-electron chi connectivity index (χ1n) is 9.44. The first kappa shape index (κ1) is 19.5. The molecule has 0 bridgehead atoms. The Hall–Kier alpha value is -1.82. The largest absolute Gasteiger partial charge is 0.491 e. The predicted molar refractivity (Wildman–Crippen MR) is 102 cm³/mol. The van der Waals surface area contributed by atoms with Crippen LogP contribution < -0.4 is 14.4 Å². The third-order valence-corrected chi connectivity index (χ3v) is 4.52. The molecular formula is C19H32N4O2. The van der Waals surface area contributed by atoms with Crippen LogP contribution in [0.5, 0.6) is 11.5 Å². The van der Waals surface area contributed by atoms with Gasteiger partial charge in [0.05, 0.1) is 18.9 Å². The molecule has 6 heteroatoms. The quantitative estimate of drug-likeness (QED) is 0.501. The second-order valence-corrected chi connectivity index (χ2v) is 6.59. The number of hydrogen-bond donors (Lipinski definition) is 1. The molecule has 1 aliphatic heterocycles. The van der Waals surface area contributed by atoms with Gasteiger partial charge in [-0.1, -0.05) is 26.7 Å². The smallest absolute Gasteiger partial charge is 0.149 e. The van der Waals surface area contributed by atoms with Gasteiger partial charge in [0.1, 0.15) is 17.2 Å². The van der Waals surface area contributed by atoms with Crippen LogP contribution in [0.15, 0.2) is 17.2 Å². The Balaban J connectivity index is 2.26. The van der Waals surface area contributed by atoms with Crippen LogP contribution in [0.4, 0.5) is 11.4 Å². The molecule has 1 aliphatic rings. The van der Waals surface area contributed by atoms with E-state index in [4.69, 9.17) is 15.0 Å². The number of nitrogens with zero attached hydrogens (tertiary/aromatic N) is 3. The molecule has 0 spiro atoms. The van der Waals surface area contributed by atoms with Gasteiger partial charge in [0.15, 0.2) is 0 Å². The van der Waals surface area contributed by atoms with Crippen molar-refractivity contribution in [3.05, 3.63) is 12.1 Å². The van der Waals surface area contributed by atoms with Crippen molar-refractivity contribution in [3.8, 4) is 11.5 Å². The Morgan fingerprint density at radius 2 is 1.56 bits per heavy atom. The highest BCUT2D eigenvalue weighted by Crippen LogP contribution is 2.40. The lowest BCUT2D eigenvalue weighted by atomic mass is 10.2. The Morgan fingerprint density at radius 3 is 2.12 bits per heavy atom. The number of anilines is 1. The van der Waals surface area contributed by atoms with Gasteiger partial charge in [-0.2, -0.15) is 5.11 Å². The summed E-state index contributed by atoms with van der Waals surface area (Å²) < 4.78 is 11.9. The Labute approximate surface area is 151 Å². The van der Waals surface area contributed by atoms with Crippen LogP contribution in [0.25, 0.3) is 0 Å². The lowest BCUT2D eigenvalue weighted by molar-refractivity contribution is 0.294. The van der Waals surface area contributed by atoms with E-state index in [0.29, 0.717) is 24.7 Å². The van der Waals surface area contributed by atoms with Gasteiger partial charge in [0, 0.05) is 38.3 Å². The minimum Gasteiger partial charge on any atom is -0.491 e. The maximum absolute atomic E-state index is 7.49. The van der Waals surface area contributed by atoms with Gasteiger partial charge < -0.3 is 19.3 Å². The summed E-state index contributed by atoms with van der Waals surface area (Å²) >= 11 is 0. The predicted octanol–water partition coefficient (Wildman–Crippen LogP) is 4.46. The topological polar surface area (TPSA) is 61.1 Å². The normalized spacial score (nSPS) is 15.2. The molecule has 1 aromatic carbocycles. The second kappa shape index (κ2) is 10.2. The van der Waals surface area contributed by atoms with E-state index < -0.39 is 0 Å². The van der Waals surface area contributed by atoms with Gasteiger partial charge in [0.25, 0.3) is 0 Å². The zero-order valence-corrected chi connectivity index (χ0v) is 15.9. The molecule has 2 rings (SSSR count). The van der Waals surface area contributed by atoms with Crippen molar-refractivity contribution in [1.82, 2.24) is 4.90 Å². The number of unbranched alkanes of at least 4 members (excludes halogenated alkanes) is 2. The molecule has 1 N–H and O–H groups in total. The maximum Gasteiger partial charge on any atom is 0.149 e. The van der Waals surface area contributed by atoms with Gasteiger partial charge in [-0.15, -0.1) is 0 Å². The molecule has 0 aromatic heterocycles. The number of nitrogens with one attached hydrogen (secondary N) is 1. The van der Waals surface area contributed by atoms with Crippen LogP contribution in [-0.4, -0.2) is 51.3 Å². The summed E-state index contributed by atoms with van der Waals surface area (Å²) in [7, 11) is 2.15. The average molecular weight is 348 g/mol. The SMILES string of the molecule is CCCCOc1cc(N2CCN(C)CC2)c(OCCCC)cc1N=N. The second-order valence-electron chi connectivity index (χ2n) is 6.59. The molecule has 25 heavy (non-hydrogen) atoms. The molecule has 1 fully saturated rings. The number of hydrogen-bond acceptors (Lipinski definition) is 6. The van der Waals surface area contributed by atoms with E-state index in [9.17, 15) is 0 Å². The number of benzene rings is 1. The van der Waals surface area contributed by atoms with Crippen molar-refractivity contribution in [1.29, 1.82) is 5.53 Å². The van der Waals surface area contributed by atoms with E-state index in [0.717, 1.165) is 63.3 Å². The molecule has 0 amide bonds. The van der Waals surface area contributed by atoms with Crippen LogP contribution in [0.2, 0.25) is 0 Å². The van der Waals surface area contributed by atoms with Crippen LogP contribution >= 0.6 is 0 Å². The van der Waals surface area contributed by atoms with E-state index in [2.05, 4.69) is 35.8 Å². The molecule has 0 aliphatic carbocycles. The molecule has 1 heterocycles. The summed E-state index contributed by atoms with van der Waals surface area (Å²) in [6.07, 6.45) is 4.19. The maximum atomic E-state index is 7.49. The lowest BCUT2D eigenvalue weighted by Gasteiger charge is -2.35. The van der Waals surface area contributed by atoms with Crippen molar-refractivity contribution in [2.45, 2.75) is 39.5 Å². The summed E-state index contributed by atoms with van der Waals surface area (Å²) in [6, 6.07) is 3.87. The van der Waals surface area contributed by atoms with Crippen molar-refractivity contribution in [2.24, 2.45) is 5.11 Å². The first-order valence-corrected chi connectivity index (χ1v) is 9.44. The average Bonchev–Trinajstić information content (AvgIpc) is 2.63. The number of rotatable bonds is 10. The van der Waals surface area contributed by atoms with E-state index in [1.54, 1.807) is 0 Å². The Bertz CT molecular complexity index is 542. The number of piperazine rings is 1. The summed E-state index contributed by atoms with van der Waals surface area (Å²) in [5, 5.41) is 3.65. The molecule has 0 radical (unpaired) electrons. The van der Waals surface area contributed by atoms with Gasteiger partial charge in [-0.25, -0.2) is 5.53 Å². The lowest BCUT2D eigenvalue weighted by Crippen LogP contribution is -2.44. The zero-order valence-electron chi connectivity index (χ0n) is 15.9. The van der Waals surface area contributed by atoms with Gasteiger partial charge >= 0.3 is 0 Å². The Kier molecular flexibility index (Phi) is 7.98. The fourth-order valence-electron chi connectivity index (χ4n) is 2.80. The fourth-order valence-corrected chi connectivity index (χ4v) is 2.80. The number of ether oxygens (including phenoxy) is 2. The van der Waals surface area contributed by atoms with Crippen molar-refractivity contribution < 1.29 is 9.47 Å². The Morgan fingerprint density at radius 1 is 0.960 bits per heavy atom. The zero-order chi connectivity index (χ0) is 18.1. The van der Waals surface area contributed by atoms with E-state index in [1.807, 2.05) is 12.1 Å². The van der Waals surface area contributed by atoms with Crippen molar-refractivity contribution >= 4 is 11.4 Å². The van der Waals surface area contributed by atoms with Crippen LogP contribution in [0.1, 0.15) is 39.5 Å². The standard InChI is InChI=1S/C19H32N4O2/c1-4-6-12-24-18-15-17(23-10-8-22(3)9-11-23)19(14-16(18)21-20)25-13-7-5-2/h14-15,20H,4-13H2,1-3H3. The molecular weight excluding hydrogens is 316 g/mol. The molecule has 140 valence electrons. The number of likely N-dealkylation sites (N-methyl/N-ethyl adjacent to an activating group) is 1. The molecule has 0 saturated carbocycles. The van der Waals surface area contributed by atoms with E-state index >= 15 is 0 Å². The molecule has 1 aromatic rings. The molecule has 6 nitrogen and oxygen atoms in total. The van der Waals surface area contributed by atoms with Crippen molar-refractivity contribution in [3.63, 3.8) is 0 Å². The minimum absolute atomic E-state index is 0.542. The van der Waals surface area contributed by atoms with Gasteiger partial charge in [-0.3, -0.25) is 0 Å². The van der Waals surface area contributed by atoms with Gasteiger partial charge in [0.2, 0.25) is 0 Å². The minimum atomic E-state index is 0.542. The monoisotopic (exact) mass is 348 g/mol. The van der Waals surface area contributed by atoms with Gasteiger partial charge in [-0.05, 0) is 19.9 Å². The van der Waals surface area contributed by atoms with Crippen LogP contribution in [-0.2, 0) is 0 Å². The summed E-state index contributed by atoms with van der Waals surface area (Å²) in [6.45, 7) is 9.62. The summed E-state index contributed by atoms with van der Waals surface area (Å²) in [5.74, 6) is 1.49. The fraction of sp³-hybridized carbons (Fsp3) is 0.684. The van der Waals surface area contributed by atoms with Crippen molar-refractivity contribution in [2.75, 3.05) is 51.3 Å². The first-order chi connectivity index (χ1) is 12.2. The van der Waals surface area contributed by atoms with Crippen LogP contribution in [0.3, 0.4) is 0 Å². The highest BCUT2D eigenvalue weighted by Gasteiger charge is 2.21. The van der Waals surface area contributed by atoms with E-state index in [-0.39, 0.29) is 0 Å². The molecule has 0 unspecified atom stereocenters. The third kappa shape index (κ3) is 5.59. The highest BCUT2D eigenvalue weighted by atomic mass is 16.5. The van der Waals surface area contributed by atoms with Crippen LogP contribution in [0, 0.1) is 5.53 Å². The summed E-state index contributed by atoms with van der Waals surface area (Å²) in [5.41, 5.74) is 9.09. The third-order valence-electron chi connectivity index (χ3n) is 4.52. The highest BCUT2D eigenvalue weighted by molar-refractivity contribution is 5.70. The molecule has 0 atom stereocenters. The van der Waals surface area contributed by atoms with E-state index in [1.165, 1.54) is 0 Å². The molecule has 1 saturated heterocycles.